The number of unbranched alkanes of at least 4 members (excludes halogenated alkanes) is 1. The molecule has 1 aliphatic rings. The predicted molar refractivity (Wildman–Crippen MR) is 102 cm³/mol. The van der Waals surface area contributed by atoms with E-state index in [0.29, 0.717) is 12.7 Å². The first-order chi connectivity index (χ1) is 12.0. The van der Waals surface area contributed by atoms with Crippen LogP contribution in [0.15, 0.2) is 18.2 Å². The Morgan fingerprint density at radius 2 is 2.00 bits per heavy atom. The Balaban J connectivity index is 2.02. The molecular formula is C21H33NO3. The predicted octanol–water partition coefficient (Wildman–Crippen LogP) is 5.24. The van der Waals surface area contributed by atoms with E-state index in [-0.39, 0.29) is 5.91 Å². The molecule has 1 saturated carbocycles. The van der Waals surface area contributed by atoms with E-state index in [4.69, 9.17) is 9.47 Å². The van der Waals surface area contributed by atoms with Crippen molar-refractivity contribution in [2.75, 3.05) is 11.9 Å². The third-order valence-electron chi connectivity index (χ3n) is 4.98. The van der Waals surface area contributed by atoms with Crippen LogP contribution in [0.2, 0.25) is 0 Å². The van der Waals surface area contributed by atoms with Gasteiger partial charge in [-0.25, -0.2) is 0 Å². The fourth-order valence-corrected chi connectivity index (χ4v) is 3.39. The quantitative estimate of drug-likeness (QED) is 0.664. The average molecular weight is 347 g/mol. The van der Waals surface area contributed by atoms with Gasteiger partial charge in [0.2, 0.25) is 0 Å². The van der Waals surface area contributed by atoms with Crippen LogP contribution < -0.4 is 10.1 Å². The lowest BCUT2D eigenvalue weighted by Gasteiger charge is -2.28. The molecule has 0 saturated heterocycles. The minimum absolute atomic E-state index is 0.0772. The summed E-state index contributed by atoms with van der Waals surface area (Å²) in [5.74, 6) is 0.843. The summed E-state index contributed by atoms with van der Waals surface area (Å²) in [6, 6.07) is 5.86. The van der Waals surface area contributed by atoms with Crippen molar-refractivity contribution in [2.24, 2.45) is 0 Å². The van der Waals surface area contributed by atoms with Crippen molar-refractivity contribution in [3.05, 3.63) is 23.8 Å². The van der Waals surface area contributed by atoms with Gasteiger partial charge in [0.15, 0.2) is 0 Å². The van der Waals surface area contributed by atoms with Gasteiger partial charge in [-0.3, -0.25) is 4.79 Å². The SMILES string of the molecule is CCCC[C@](C)(OCC)C(=O)Nc1ccc(OC2CCCC2)c(C)c1. The van der Waals surface area contributed by atoms with E-state index in [1.807, 2.05) is 39.0 Å². The highest BCUT2D eigenvalue weighted by Gasteiger charge is 2.33. The molecule has 0 aliphatic heterocycles. The molecule has 1 amide bonds. The number of aryl methyl sites for hydroxylation is 1. The third-order valence-corrected chi connectivity index (χ3v) is 4.98. The van der Waals surface area contributed by atoms with E-state index in [0.717, 1.165) is 49.1 Å². The second-order valence-corrected chi connectivity index (χ2v) is 7.23. The Morgan fingerprint density at radius 3 is 2.60 bits per heavy atom. The van der Waals surface area contributed by atoms with Gasteiger partial charge in [-0.1, -0.05) is 19.8 Å². The number of anilines is 1. The van der Waals surface area contributed by atoms with Gasteiger partial charge >= 0.3 is 0 Å². The number of hydrogen-bond donors (Lipinski definition) is 1. The minimum atomic E-state index is -0.780. The molecule has 0 bridgehead atoms. The van der Waals surface area contributed by atoms with Crippen molar-refractivity contribution >= 4 is 11.6 Å². The highest BCUT2D eigenvalue weighted by Crippen LogP contribution is 2.29. The van der Waals surface area contributed by atoms with Crippen LogP contribution in [0.3, 0.4) is 0 Å². The minimum Gasteiger partial charge on any atom is -0.490 e. The zero-order chi connectivity index (χ0) is 18.3. The summed E-state index contributed by atoms with van der Waals surface area (Å²) in [6.07, 6.45) is 7.88. The van der Waals surface area contributed by atoms with Gasteiger partial charge in [-0.15, -0.1) is 0 Å². The first kappa shape index (κ1) is 19.8. The fourth-order valence-electron chi connectivity index (χ4n) is 3.39. The Labute approximate surface area is 152 Å². The number of benzene rings is 1. The fraction of sp³-hybridized carbons (Fsp3) is 0.667. The van der Waals surface area contributed by atoms with Crippen LogP contribution in [0.1, 0.15) is 71.3 Å². The lowest BCUT2D eigenvalue weighted by Crippen LogP contribution is -2.42. The summed E-state index contributed by atoms with van der Waals surface area (Å²) in [7, 11) is 0. The van der Waals surface area contributed by atoms with Gasteiger partial charge < -0.3 is 14.8 Å². The van der Waals surface area contributed by atoms with Crippen molar-refractivity contribution in [3.63, 3.8) is 0 Å². The van der Waals surface area contributed by atoms with Crippen molar-refractivity contribution in [1.29, 1.82) is 0 Å². The Kier molecular flexibility index (Phi) is 7.30. The molecule has 0 heterocycles. The number of amides is 1. The Bertz CT molecular complexity index is 566. The molecule has 0 aromatic heterocycles. The van der Waals surface area contributed by atoms with Crippen LogP contribution in [0.25, 0.3) is 0 Å². The summed E-state index contributed by atoms with van der Waals surface area (Å²) in [5.41, 5.74) is 1.07. The molecule has 2 rings (SSSR count). The molecule has 4 nitrogen and oxygen atoms in total. The number of carbonyl (C=O) groups excluding carboxylic acids is 1. The maximum absolute atomic E-state index is 12.7. The maximum Gasteiger partial charge on any atom is 0.256 e. The average Bonchev–Trinajstić information content (AvgIpc) is 3.09. The number of hydrogen-bond acceptors (Lipinski definition) is 3. The van der Waals surface area contributed by atoms with E-state index in [1.165, 1.54) is 12.8 Å². The molecule has 1 atom stereocenters. The van der Waals surface area contributed by atoms with E-state index in [9.17, 15) is 4.79 Å². The Hall–Kier alpha value is -1.55. The van der Waals surface area contributed by atoms with Crippen LogP contribution in [0.5, 0.6) is 5.75 Å². The molecule has 1 aromatic rings. The summed E-state index contributed by atoms with van der Waals surface area (Å²) in [6.45, 7) is 8.49. The molecule has 25 heavy (non-hydrogen) atoms. The number of ether oxygens (including phenoxy) is 2. The molecule has 1 aromatic carbocycles. The number of carbonyl (C=O) groups is 1. The molecule has 4 heteroatoms. The number of rotatable bonds is 9. The lowest BCUT2D eigenvalue weighted by molar-refractivity contribution is -0.139. The first-order valence-corrected chi connectivity index (χ1v) is 9.71. The summed E-state index contributed by atoms with van der Waals surface area (Å²) < 4.78 is 11.9. The van der Waals surface area contributed by atoms with Gasteiger partial charge in [-0.2, -0.15) is 0 Å². The standard InChI is InChI=1S/C21H33NO3/c1-5-7-14-21(4,24-6-2)20(23)22-17-12-13-19(16(3)15-17)25-18-10-8-9-11-18/h12-13,15,18H,5-11,14H2,1-4H3,(H,22,23)/t21-/m0/s1. The molecule has 140 valence electrons. The van der Waals surface area contributed by atoms with Crippen LogP contribution in [-0.4, -0.2) is 24.2 Å². The van der Waals surface area contributed by atoms with E-state index >= 15 is 0 Å². The second kappa shape index (κ2) is 9.23. The van der Waals surface area contributed by atoms with Crippen molar-refractivity contribution < 1.29 is 14.3 Å². The zero-order valence-corrected chi connectivity index (χ0v) is 16.2. The van der Waals surface area contributed by atoms with Crippen molar-refractivity contribution in [3.8, 4) is 5.75 Å². The first-order valence-electron chi connectivity index (χ1n) is 9.71. The molecule has 0 unspecified atom stereocenters. The van der Waals surface area contributed by atoms with E-state index in [1.54, 1.807) is 0 Å². The summed E-state index contributed by atoms with van der Waals surface area (Å²) in [5, 5.41) is 3.02. The third kappa shape index (κ3) is 5.46. The smallest absolute Gasteiger partial charge is 0.256 e. The summed E-state index contributed by atoms with van der Waals surface area (Å²) in [4.78, 5) is 12.7. The van der Waals surface area contributed by atoms with Gasteiger partial charge in [0.1, 0.15) is 11.4 Å². The second-order valence-electron chi connectivity index (χ2n) is 7.23. The maximum atomic E-state index is 12.7. The lowest BCUT2D eigenvalue weighted by atomic mass is 9.97. The zero-order valence-electron chi connectivity index (χ0n) is 16.2. The van der Waals surface area contributed by atoms with Gasteiger partial charge in [0.05, 0.1) is 6.10 Å². The topological polar surface area (TPSA) is 47.6 Å². The van der Waals surface area contributed by atoms with Crippen LogP contribution in [0, 0.1) is 6.92 Å². The normalized spacial score (nSPS) is 17.3. The van der Waals surface area contributed by atoms with E-state index in [2.05, 4.69) is 12.2 Å². The molecule has 1 fully saturated rings. The van der Waals surface area contributed by atoms with Crippen molar-refractivity contribution in [1.82, 2.24) is 0 Å². The Morgan fingerprint density at radius 1 is 1.28 bits per heavy atom. The molecule has 0 radical (unpaired) electrons. The summed E-state index contributed by atoms with van der Waals surface area (Å²) >= 11 is 0. The van der Waals surface area contributed by atoms with Crippen LogP contribution in [-0.2, 0) is 9.53 Å². The van der Waals surface area contributed by atoms with Gasteiger partial charge in [0, 0.05) is 12.3 Å². The van der Waals surface area contributed by atoms with Gasteiger partial charge in [0.25, 0.3) is 5.91 Å². The highest BCUT2D eigenvalue weighted by molar-refractivity contribution is 5.97. The van der Waals surface area contributed by atoms with Crippen LogP contribution >= 0.6 is 0 Å². The molecular weight excluding hydrogens is 314 g/mol. The van der Waals surface area contributed by atoms with E-state index < -0.39 is 5.60 Å². The highest BCUT2D eigenvalue weighted by atomic mass is 16.5. The van der Waals surface area contributed by atoms with Crippen LogP contribution in [0.4, 0.5) is 5.69 Å². The molecule has 0 spiro atoms. The van der Waals surface area contributed by atoms with Gasteiger partial charge in [-0.05, 0) is 76.6 Å². The molecule has 1 aliphatic carbocycles. The largest absolute Gasteiger partial charge is 0.490 e. The monoisotopic (exact) mass is 347 g/mol. The number of nitrogens with one attached hydrogen (secondary N) is 1. The van der Waals surface area contributed by atoms with Crippen molar-refractivity contribution in [2.45, 2.75) is 84.3 Å². The molecule has 1 N–H and O–H groups in total.